The van der Waals surface area contributed by atoms with Crippen LogP contribution in [0.4, 0.5) is 0 Å². The number of fused-ring (bicyclic) bond motifs is 1. The van der Waals surface area contributed by atoms with E-state index in [9.17, 15) is 13.2 Å². The summed E-state index contributed by atoms with van der Waals surface area (Å²) in [7, 11) is -3.21. The molecule has 1 N–H and O–H groups in total. The molecule has 1 aromatic carbocycles. The standard InChI is InChI=1S/C18H26N4O3S/c1-3-12-26(24,25)20-15-8-10-21(11-9-15)18(23)14(2)22-13-19-16-6-4-5-7-17(16)22/h4-7,13-15,20H,3,8-12H2,1-2H3/t14-/m1/s1. The average molecular weight is 378 g/mol. The first kappa shape index (κ1) is 18.8. The summed E-state index contributed by atoms with van der Waals surface area (Å²) in [4.78, 5) is 19.0. The molecule has 0 aliphatic carbocycles. The number of piperidine rings is 1. The van der Waals surface area contributed by atoms with E-state index in [1.807, 2.05) is 47.6 Å². The van der Waals surface area contributed by atoms with Gasteiger partial charge in [-0.25, -0.2) is 18.1 Å². The van der Waals surface area contributed by atoms with Gasteiger partial charge in [-0.2, -0.15) is 0 Å². The number of likely N-dealkylation sites (tertiary alicyclic amines) is 1. The highest BCUT2D eigenvalue weighted by molar-refractivity contribution is 7.89. The minimum Gasteiger partial charge on any atom is -0.341 e. The average Bonchev–Trinajstić information content (AvgIpc) is 3.05. The number of carbonyl (C=O) groups excluding carboxylic acids is 1. The smallest absolute Gasteiger partial charge is 0.245 e. The molecule has 1 aliphatic rings. The monoisotopic (exact) mass is 378 g/mol. The van der Waals surface area contributed by atoms with E-state index >= 15 is 0 Å². The van der Waals surface area contributed by atoms with Crippen molar-refractivity contribution in [3.63, 3.8) is 0 Å². The largest absolute Gasteiger partial charge is 0.341 e. The fourth-order valence-corrected chi connectivity index (χ4v) is 4.87. The van der Waals surface area contributed by atoms with E-state index in [1.54, 1.807) is 6.33 Å². The van der Waals surface area contributed by atoms with Gasteiger partial charge in [-0.1, -0.05) is 19.1 Å². The number of nitrogens with zero attached hydrogens (tertiary/aromatic N) is 3. The second-order valence-electron chi connectivity index (χ2n) is 6.85. The molecule has 0 radical (unpaired) electrons. The van der Waals surface area contributed by atoms with Crippen LogP contribution in [0.3, 0.4) is 0 Å². The zero-order valence-corrected chi connectivity index (χ0v) is 16.1. The predicted molar refractivity (Wildman–Crippen MR) is 101 cm³/mol. The van der Waals surface area contributed by atoms with E-state index in [0.29, 0.717) is 32.4 Å². The number of carbonyl (C=O) groups is 1. The molecule has 0 spiro atoms. The number of sulfonamides is 1. The molecule has 0 saturated carbocycles. The van der Waals surface area contributed by atoms with Gasteiger partial charge in [-0.05, 0) is 38.3 Å². The van der Waals surface area contributed by atoms with Crippen LogP contribution in [0.5, 0.6) is 0 Å². The second-order valence-corrected chi connectivity index (χ2v) is 8.73. The van der Waals surface area contributed by atoms with Crippen LogP contribution in [-0.4, -0.2) is 53.7 Å². The number of rotatable bonds is 6. The molecule has 1 aromatic heterocycles. The van der Waals surface area contributed by atoms with Crippen LogP contribution in [0, 0.1) is 0 Å². The summed E-state index contributed by atoms with van der Waals surface area (Å²) in [6.07, 6.45) is 3.60. The number of para-hydroxylation sites is 2. The van der Waals surface area contributed by atoms with E-state index < -0.39 is 10.0 Å². The highest BCUT2D eigenvalue weighted by Crippen LogP contribution is 2.21. The van der Waals surface area contributed by atoms with Crippen molar-refractivity contribution in [1.29, 1.82) is 0 Å². The van der Waals surface area contributed by atoms with Gasteiger partial charge in [-0.15, -0.1) is 0 Å². The van der Waals surface area contributed by atoms with Gasteiger partial charge in [0.1, 0.15) is 6.04 Å². The number of hydrogen-bond acceptors (Lipinski definition) is 4. The van der Waals surface area contributed by atoms with Crippen LogP contribution >= 0.6 is 0 Å². The quantitative estimate of drug-likeness (QED) is 0.832. The molecule has 1 amide bonds. The third-order valence-electron chi connectivity index (χ3n) is 4.88. The summed E-state index contributed by atoms with van der Waals surface area (Å²) in [5.41, 5.74) is 1.81. The third kappa shape index (κ3) is 4.07. The molecule has 2 aromatic rings. The first-order valence-corrected chi connectivity index (χ1v) is 10.8. The Morgan fingerprint density at radius 2 is 2.00 bits per heavy atom. The summed E-state index contributed by atoms with van der Waals surface area (Å²) in [5.74, 6) is 0.194. The number of aromatic nitrogens is 2. The summed E-state index contributed by atoms with van der Waals surface area (Å²) >= 11 is 0. The Bertz CT molecular complexity index is 869. The highest BCUT2D eigenvalue weighted by Gasteiger charge is 2.29. The molecule has 142 valence electrons. The Morgan fingerprint density at radius 1 is 1.31 bits per heavy atom. The van der Waals surface area contributed by atoms with Crippen LogP contribution in [0.25, 0.3) is 11.0 Å². The normalized spacial score (nSPS) is 17.5. The van der Waals surface area contributed by atoms with Gasteiger partial charge in [0.15, 0.2) is 0 Å². The highest BCUT2D eigenvalue weighted by atomic mass is 32.2. The number of benzene rings is 1. The molecule has 26 heavy (non-hydrogen) atoms. The lowest BCUT2D eigenvalue weighted by Crippen LogP contribution is -2.48. The molecule has 3 rings (SSSR count). The first-order chi connectivity index (χ1) is 12.4. The van der Waals surface area contributed by atoms with Crippen molar-refractivity contribution in [2.24, 2.45) is 0 Å². The third-order valence-corrected chi connectivity index (χ3v) is 6.52. The Hall–Kier alpha value is -1.93. The number of amides is 1. The SMILES string of the molecule is CCCS(=O)(=O)NC1CCN(C(=O)[C@@H](C)n2cnc3ccccc32)CC1. The van der Waals surface area contributed by atoms with Crippen molar-refractivity contribution in [3.05, 3.63) is 30.6 Å². The van der Waals surface area contributed by atoms with Crippen LogP contribution in [0.2, 0.25) is 0 Å². The summed E-state index contributed by atoms with van der Waals surface area (Å²) in [5, 5.41) is 0. The molecule has 0 unspecified atom stereocenters. The molecule has 1 aliphatic heterocycles. The predicted octanol–water partition coefficient (Wildman–Crippen LogP) is 1.92. The Kier molecular flexibility index (Phi) is 5.62. The Balaban J connectivity index is 1.61. The van der Waals surface area contributed by atoms with E-state index in [0.717, 1.165) is 11.0 Å². The Morgan fingerprint density at radius 3 is 2.69 bits per heavy atom. The molecular weight excluding hydrogens is 352 g/mol. The van der Waals surface area contributed by atoms with E-state index in [2.05, 4.69) is 9.71 Å². The summed E-state index contributed by atoms with van der Waals surface area (Å²) < 4.78 is 28.5. The molecule has 1 atom stereocenters. The van der Waals surface area contributed by atoms with Crippen molar-refractivity contribution in [2.45, 2.75) is 45.2 Å². The van der Waals surface area contributed by atoms with E-state index in [-0.39, 0.29) is 23.7 Å². The first-order valence-electron chi connectivity index (χ1n) is 9.11. The van der Waals surface area contributed by atoms with Crippen LogP contribution in [0.15, 0.2) is 30.6 Å². The maximum absolute atomic E-state index is 12.9. The molecule has 1 fully saturated rings. The zero-order valence-electron chi connectivity index (χ0n) is 15.3. The Labute approximate surface area is 154 Å². The summed E-state index contributed by atoms with van der Waals surface area (Å²) in [6, 6.07) is 7.33. The van der Waals surface area contributed by atoms with Crippen LogP contribution in [0.1, 0.15) is 39.2 Å². The number of hydrogen-bond donors (Lipinski definition) is 1. The van der Waals surface area contributed by atoms with Crippen molar-refractivity contribution < 1.29 is 13.2 Å². The fourth-order valence-electron chi connectivity index (χ4n) is 3.47. The van der Waals surface area contributed by atoms with Crippen LogP contribution < -0.4 is 4.72 Å². The zero-order chi connectivity index (χ0) is 18.7. The topological polar surface area (TPSA) is 84.3 Å². The number of imidazole rings is 1. The van der Waals surface area contributed by atoms with E-state index in [4.69, 9.17) is 0 Å². The lowest BCUT2D eigenvalue weighted by Gasteiger charge is -2.34. The molecule has 7 nitrogen and oxygen atoms in total. The maximum atomic E-state index is 12.9. The van der Waals surface area contributed by atoms with Crippen molar-refractivity contribution in [3.8, 4) is 0 Å². The van der Waals surface area contributed by atoms with Gasteiger partial charge in [-0.3, -0.25) is 4.79 Å². The molecular formula is C18H26N4O3S. The minimum atomic E-state index is -3.21. The van der Waals surface area contributed by atoms with Crippen molar-refractivity contribution in [2.75, 3.05) is 18.8 Å². The summed E-state index contributed by atoms with van der Waals surface area (Å²) in [6.45, 7) is 4.86. The molecule has 1 saturated heterocycles. The van der Waals surface area contributed by atoms with Gasteiger partial charge in [0.25, 0.3) is 0 Å². The molecule has 2 heterocycles. The lowest BCUT2D eigenvalue weighted by atomic mass is 10.1. The van der Waals surface area contributed by atoms with E-state index in [1.165, 1.54) is 0 Å². The maximum Gasteiger partial charge on any atom is 0.245 e. The minimum absolute atomic E-state index is 0.0445. The number of nitrogens with one attached hydrogen (secondary N) is 1. The van der Waals surface area contributed by atoms with Gasteiger partial charge in [0.2, 0.25) is 15.9 Å². The lowest BCUT2D eigenvalue weighted by molar-refractivity contribution is -0.135. The van der Waals surface area contributed by atoms with Crippen molar-refractivity contribution >= 4 is 27.0 Å². The van der Waals surface area contributed by atoms with Crippen molar-refractivity contribution in [1.82, 2.24) is 19.2 Å². The molecule has 8 heteroatoms. The van der Waals surface area contributed by atoms with Crippen LogP contribution in [-0.2, 0) is 14.8 Å². The molecule has 0 bridgehead atoms. The fraction of sp³-hybridized carbons (Fsp3) is 0.556. The van der Waals surface area contributed by atoms with Gasteiger partial charge >= 0.3 is 0 Å². The van der Waals surface area contributed by atoms with Gasteiger partial charge in [0.05, 0.1) is 23.1 Å². The van der Waals surface area contributed by atoms with Gasteiger partial charge in [0, 0.05) is 19.1 Å². The van der Waals surface area contributed by atoms with Gasteiger partial charge < -0.3 is 9.47 Å². The second kappa shape index (κ2) is 7.75.